The predicted octanol–water partition coefficient (Wildman–Crippen LogP) is 3.93. The SMILES string of the molecule is COc1ccc(-n2c(SCc3nc4ccsc4c(=O)[nH]3)nnc2-c2ccncc2)cc1. The molecule has 0 fully saturated rings. The second-order valence-electron chi connectivity index (χ2n) is 6.51. The number of aromatic nitrogens is 6. The monoisotopic (exact) mass is 448 g/mol. The van der Waals surface area contributed by atoms with Crippen molar-refractivity contribution in [1.82, 2.24) is 29.7 Å². The average molecular weight is 449 g/mol. The van der Waals surface area contributed by atoms with Gasteiger partial charge in [0.1, 0.15) is 16.3 Å². The zero-order valence-electron chi connectivity index (χ0n) is 16.3. The number of thiophene rings is 1. The van der Waals surface area contributed by atoms with E-state index in [0.717, 1.165) is 17.0 Å². The summed E-state index contributed by atoms with van der Waals surface area (Å²) >= 11 is 2.84. The fraction of sp³-hybridized carbons (Fsp3) is 0.0952. The van der Waals surface area contributed by atoms with Crippen LogP contribution >= 0.6 is 23.1 Å². The lowest BCUT2D eigenvalue weighted by molar-refractivity contribution is 0.414. The fourth-order valence-electron chi connectivity index (χ4n) is 3.14. The molecule has 0 spiro atoms. The van der Waals surface area contributed by atoms with Gasteiger partial charge in [0.05, 0.1) is 18.4 Å². The van der Waals surface area contributed by atoms with Gasteiger partial charge in [0.2, 0.25) is 0 Å². The molecule has 154 valence electrons. The number of hydrogen-bond donors (Lipinski definition) is 1. The Hall–Kier alpha value is -3.50. The quantitative estimate of drug-likeness (QED) is 0.393. The minimum absolute atomic E-state index is 0.121. The van der Waals surface area contributed by atoms with Crippen molar-refractivity contribution in [2.45, 2.75) is 10.9 Å². The van der Waals surface area contributed by atoms with E-state index in [9.17, 15) is 4.79 Å². The minimum Gasteiger partial charge on any atom is -0.497 e. The van der Waals surface area contributed by atoms with Crippen LogP contribution in [0.15, 0.2) is 70.2 Å². The summed E-state index contributed by atoms with van der Waals surface area (Å²) in [5.74, 6) is 2.51. The van der Waals surface area contributed by atoms with Crippen LogP contribution in [0.25, 0.3) is 27.3 Å². The molecule has 8 nitrogen and oxygen atoms in total. The number of H-pyrrole nitrogens is 1. The van der Waals surface area contributed by atoms with E-state index in [0.29, 0.717) is 32.8 Å². The van der Waals surface area contributed by atoms with Gasteiger partial charge in [0, 0.05) is 23.6 Å². The summed E-state index contributed by atoms with van der Waals surface area (Å²) in [5.41, 5.74) is 2.38. The predicted molar refractivity (Wildman–Crippen MR) is 121 cm³/mol. The number of fused-ring (bicyclic) bond motifs is 1. The second kappa shape index (κ2) is 8.32. The molecule has 0 aliphatic rings. The number of methoxy groups -OCH3 is 1. The Morgan fingerprint density at radius 2 is 1.90 bits per heavy atom. The van der Waals surface area contributed by atoms with Crippen molar-refractivity contribution < 1.29 is 4.74 Å². The third kappa shape index (κ3) is 3.82. The van der Waals surface area contributed by atoms with E-state index in [1.54, 1.807) is 19.5 Å². The topological polar surface area (TPSA) is 98.6 Å². The molecule has 31 heavy (non-hydrogen) atoms. The van der Waals surface area contributed by atoms with E-state index < -0.39 is 0 Å². The van der Waals surface area contributed by atoms with E-state index in [1.807, 2.05) is 52.4 Å². The highest BCUT2D eigenvalue weighted by atomic mass is 32.2. The molecule has 0 atom stereocenters. The van der Waals surface area contributed by atoms with Gasteiger partial charge in [-0.2, -0.15) is 0 Å². The molecular formula is C21H16N6O2S2. The second-order valence-corrected chi connectivity index (χ2v) is 8.37. The van der Waals surface area contributed by atoms with E-state index in [-0.39, 0.29) is 5.56 Å². The molecule has 4 aromatic heterocycles. The Balaban J connectivity index is 1.52. The van der Waals surface area contributed by atoms with Crippen molar-refractivity contribution in [3.8, 4) is 22.8 Å². The number of nitrogens with one attached hydrogen (secondary N) is 1. The lowest BCUT2D eigenvalue weighted by Gasteiger charge is -2.11. The number of aromatic amines is 1. The van der Waals surface area contributed by atoms with Crippen molar-refractivity contribution in [2.75, 3.05) is 7.11 Å². The molecule has 0 bridgehead atoms. The first-order valence-electron chi connectivity index (χ1n) is 9.32. The standard InChI is InChI=1S/C21H16N6O2S2/c1-29-15-4-2-14(3-5-15)27-19(13-6-9-22-10-7-13)25-26-21(27)31-12-17-23-16-8-11-30-18(16)20(28)24-17/h2-11H,12H2,1H3,(H,23,24,28). The van der Waals surface area contributed by atoms with Crippen molar-refractivity contribution in [3.63, 3.8) is 0 Å². The maximum absolute atomic E-state index is 12.3. The number of ether oxygens (including phenoxy) is 1. The Morgan fingerprint density at radius 1 is 1.10 bits per heavy atom. The minimum atomic E-state index is -0.121. The van der Waals surface area contributed by atoms with Gasteiger partial charge in [0.15, 0.2) is 11.0 Å². The molecule has 1 N–H and O–H groups in total. The molecule has 0 aliphatic heterocycles. The van der Waals surface area contributed by atoms with Gasteiger partial charge < -0.3 is 9.72 Å². The lowest BCUT2D eigenvalue weighted by Crippen LogP contribution is -2.09. The van der Waals surface area contributed by atoms with Crippen LogP contribution in [0.2, 0.25) is 0 Å². The number of nitrogens with zero attached hydrogens (tertiary/aromatic N) is 5. The first-order valence-corrected chi connectivity index (χ1v) is 11.2. The first-order chi connectivity index (χ1) is 15.2. The molecular weight excluding hydrogens is 432 g/mol. The van der Waals surface area contributed by atoms with Crippen LogP contribution in [0, 0.1) is 0 Å². The number of benzene rings is 1. The molecule has 4 heterocycles. The van der Waals surface area contributed by atoms with E-state index in [1.165, 1.54) is 23.1 Å². The molecule has 5 rings (SSSR count). The molecule has 0 saturated heterocycles. The van der Waals surface area contributed by atoms with Gasteiger partial charge >= 0.3 is 0 Å². The summed E-state index contributed by atoms with van der Waals surface area (Å²) in [5, 5.41) is 11.4. The summed E-state index contributed by atoms with van der Waals surface area (Å²) in [7, 11) is 1.63. The summed E-state index contributed by atoms with van der Waals surface area (Å²) in [6.45, 7) is 0. The Morgan fingerprint density at radius 3 is 2.68 bits per heavy atom. The van der Waals surface area contributed by atoms with Crippen molar-refractivity contribution in [1.29, 1.82) is 0 Å². The molecule has 5 aromatic rings. The van der Waals surface area contributed by atoms with E-state index in [4.69, 9.17) is 4.74 Å². The maximum Gasteiger partial charge on any atom is 0.268 e. The van der Waals surface area contributed by atoms with Crippen LogP contribution in [-0.4, -0.2) is 36.8 Å². The number of thioether (sulfide) groups is 1. The Bertz CT molecular complexity index is 1390. The lowest BCUT2D eigenvalue weighted by atomic mass is 10.2. The Labute approximate surface area is 185 Å². The van der Waals surface area contributed by atoms with Gasteiger partial charge in [-0.25, -0.2) is 4.98 Å². The Kier molecular flexibility index (Phi) is 5.23. The van der Waals surface area contributed by atoms with Crippen LogP contribution in [0.4, 0.5) is 0 Å². The molecule has 1 aromatic carbocycles. The maximum atomic E-state index is 12.3. The fourth-order valence-corrected chi connectivity index (χ4v) is 4.69. The van der Waals surface area contributed by atoms with E-state index >= 15 is 0 Å². The highest BCUT2D eigenvalue weighted by Gasteiger charge is 2.17. The van der Waals surface area contributed by atoms with Gasteiger partial charge in [-0.15, -0.1) is 21.5 Å². The molecule has 10 heteroatoms. The number of rotatable bonds is 6. The molecule has 0 saturated carbocycles. The van der Waals surface area contributed by atoms with Gasteiger partial charge in [-0.3, -0.25) is 14.3 Å². The summed E-state index contributed by atoms with van der Waals surface area (Å²) in [4.78, 5) is 23.8. The summed E-state index contributed by atoms with van der Waals surface area (Å²) in [6, 6.07) is 13.3. The van der Waals surface area contributed by atoms with Gasteiger partial charge in [0.25, 0.3) is 5.56 Å². The highest BCUT2D eigenvalue weighted by molar-refractivity contribution is 7.98. The normalized spacial score (nSPS) is 11.1. The van der Waals surface area contributed by atoms with Gasteiger partial charge in [-0.1, -0.05) is 11.8 Å². The number of pyridine rings is 1. The molecule has 0 aliphatic carbocycles. The number of hydrogen-bond acceptors (Lipinski definition) is 8. The average Bonchev–Trinajstić information content (AvgIpc) is 3.46. The zero-order valence-corrected chi connectivity index (χ0v) is 18.0. The van der Waals surface area contributed by atoms with Gasteiger partial charge in [-0.05, 0) is 47.8 Å². The smallest absolute Gasteiger partial charge is 0.268 e. The van der Waals surface area contributed by atoms with Crippen LogP contribution in [0.3, 0.4) is 0 Å². The van der Waals surface area contributed by atoms with Crippen LogP contribution in [-0.2, 0) is 5.75 Å². The summed E-state index contributed by atoms with van der Waals surface area (Å²) in [6.07, 6.45) is 3.44. The molecule has 0 radical (unpaired) electrons. The van der Waals surface area contributed by atoms with E-state index in [2.05, 4.69) is 25.1 Å². The molecule has 0 unspecified atom stereocenters. The molecule has 0 amide bonds. The van der Waals surface area contributed by atoms with Crippen molar-refractivity contribution in [3.05, 3.63) is 76.4 Å². The highest BCUT2D eigenvalue weighted by Crippen LogP contribution is 2.30. The third-order valence-corrected chi connectivity index (χ3v) is 6.45. The first kappa shape index (κ1) is 19.5. The van der Waals surface area contributed by atoms with Crippen molar-refractivity contribution >= 4 is 33.3 Å². The van der Waals surface area contributed by atoms with Crippen LogP contribution in [0.5, 0.6) is 5.75 Å². The third-order valence-electron chi connectivity index (χ3n) is 4.60. The van der Waals surface area contributed by atoms with Crippen LogP contribution in [0.1, 0.15) is 5.82 Å². The summed E-state index contributed by atoms with van der Waals surface area (Å²) < 4.78 is 7.89. The van der Waals surface area contributed by atoms with Crippen LogP contribution < -0.4 is 10.3 Å². The van der Waals surface area contributed by atoms with Crippen molar-refractivity contribution in [2.24, 2.45) is 0 Å². The zero-order chi connectivity index (χ0) is 21.2. The largest absolute Gasteiger partial charge is 0.497 e.